The number of furan rings is 1. The number of amides is 1. The van der Waals surface area contributed by atoms with Gasteiger partial charge in [0.05, 0.1) is 17.1 Å². The number of sulfonamides is 1. The summed E-state index contributed by atoms with van der Waals surface area (Å²) in [6.07, 6.45) is 2.56. The molecule has 24 heavy (non-hydrogen) atoms. The van der Waals surface area contributed by atoms with Crippen LogP contribution in [0.2, 0.25) is 4.34 Å². The molecule has 2 aromatic rings. The number of halogens is 1. The summed E-state index contributed by atoms with van der Waals surface area (Å²) in [5.41, 5.74) is 0. The van der Waals surface area contributed by atoms with E-state index in [9.17, 15) is 13.2 Å². The molecular formula is C15H17ClN2O4S2. The zero-order valence-corrected chi connectivity index (χ0v) is 15.2. The third kappa shape index (κ3) is 3.83. The molecule has 9 heteroatoms. The Bertz CT molecular complexity index is 793. The summed E-state index contributed by atoms with van der Waals surface area (Å²) in [4.78, 5) is 12.2. The third-order valence-electron chi connectivity index (χ3n) is 3.98. The highest BCUT2D eigenvalue weighted by atomic mass is 35.5. The minimum absolute atomic E-state index is 0.0670. The van der Waals surface area contributed by atoms with Crippen molar-refractivity contribution < 1.29 is 17.6 Å². The maximum absolute atomic E-state index is 12.5. The van der Waals surface area contributed by atoms with Crippen molar-refractivity contribution in [3.05, 3.63) is 40.6 Å². The van der Waals surface area contributed by atoms with Gasteiger partial charge in [0, 0.05) is 19.0 Å². The van der Waals surface area contributed by atoms with E-state index in [4.69, 9.17) is 16.0 Å². The van der Waals surface area contributed by atoms with Crippen molar-refractivity contribution in [1.82, 2.24) is 9.62 Å². The fraction of sp³-hybridized carbons (Fsp3) is 0.400. The molecule has 3 rings (SSSR count). The molecule has 0 spiro atoms. The predicted octanol–water partition coefficient (Wildman–Crippen LogP) is 2.71. The van der Waals surface area contributed by atoms with Crippen LogP contribution in [0.3, 0.4) is 0 Å². The topological polar surface area (TPSA) is 79.6 Å². The zero-order valence-electron chi connectivity index (χ0n) is 12.8. The first-order valence-electron chi connectivity index (χ1n) is 7.52. The zero-order chi connectivity index (χ0) is 17.2. The lowest BCUT2D eigenvalue weighted by atomic mass is 9.97. The number of carbonyl (C=O) groups excluding carboxylic acids is 1. The molecule has 0 aliphatic carbocycles. The van der Waals surface area contributed by atoms with Crippen LogP contribution in [0.4, 0.5) is 0 Å². The van der Waals surface area contributed by atoms with Crippen LogP contribution < -0.4 is 5.32 Å². The van der Waals surface area contributed by atoms with E-state index in [-0.39, 0.29) is 16.0 Å². The third-order valence-corrected chi connectivity index (χ3v) is 7.58. The molecule has 3 heterocycles. The lowest BCUT2D eigenvalue weighted by Gasteiger charge is -2.30. The minimum Gasteiger partial charge on any atom is -0.467 e. The molecule has 0 saturated carbocycles. The van der Waals surface area contributed by atoms with Gasteiger partial charge in [-0.15, -0.1) is 11.3 Å². The van der Waals surface area contributed by atoms with E-state index in [1.807, 2.05) is 0 Å². The van der Waals surface area contributed by atoms with Crippen LogP contribution in [0.15, 0.2) is 39.2 Å². The molecule has 2 aromatic heterocycles. The first kappa shape index (κ1) is 17.5. The highest BCUT2D eigenvalue weighted by Gasteiger charge is 2.32. The first-order chi connectivity index (χ1) is 11.5. The number of piperidine rings is 1. The van der Waals surface area contributed by atoms with Gasteiger partial charge in [-0.05, 0) is 37.1 Å². The Hall–Kier alpha value is -1.35. The molecule has 1 N–H and O–H groups in total. The Morgan fingerprint density at radius 3 is 2.67 bits per heavy atom. The summed E-state index contributed by atoms with van der Waals surface area (Å²) < 4.78 is 32.3. The summed E-state index contributed by atoms with van der Waals surface area (Å²) in [6, 6.07) is 6.65. The van der Waals surface area contributed by atoms with E-state index in [0.717, 1.165) is 11.3 Å². The fourth-order valence-electron chi connectivity index (χ4n) is 2.65. The van der Waals surface area contributed by atoms with Crippen LogP contribution in [-0.4, -0.2) is 31.7 Å². The summed E-state index contributed by atoms with van der Waals surface area (Å²) >= 11 is 6.87. The van der Waals surface area contributed by atoms with Gasteiger partial charge in [-0.25, -0.2) is 8.42 Å². The molecule has 0 radical (unpaired) electrons. The predicted molar refractivity (Wildman–Crippen MR) is 91.4 cm³/mol. The van der Waals surface area contributed by atoms with Gasteiger partial charge in [-0.3, -0.25) is 4.79 Å². The van der Waals surface area contributed by atoms with Crippen LogP contribution in [0.25, 0.3) is 0 Å². The maximum atomic E-state index is 12.5. The minimum atomic E-state index is -3.52. The van der Waals surface area contributed by atoms with Crippen LogP contribution in [0.1, 0.15) is 18.6 Å². The lowest BCUT2D eigenvalue weighted by Crippen LogP contribution is -2.42. The van der Waals surface area contributed by atoms with Gasteiger partial charge in [0.25, 0.3) is 10.0 Å². The van der Waals surface area contributed by atoms with Crippen LogP contribution in [-0.2, 0) is 21.4 Å². The van der Waals surface area contributed by atoms with Gasteiger partial charge in [-0.2, -0.15) is 4.31 Å². The Labute approximate surface area is 149 Å². The normalized spacial score (nSPS) is 17.0. The van der Waals surface area contributed by atoms with E-state index >= 15 is 0 Å². The SMILES string of the molecule is O=C(NCc1ccco1)C1CCN(S(=O)(=O)c2ccc(Cl)s2)CC1. The molecule has 1 fully saturated rings. The largest absolute Gasteiger partial charge is 0.467 e. The number of hydrogen-bond acceptors (Lipinski definition) is 5. The van der Waals surface area contributed by atoms with Crippen LogP contribution >= 0.6 is 22.9 Å². The quantitative estimate of drug-likeness (QED) is 0.854. The van der Waals surface area contributed by atoms with Gasteiger partial charge in [-0.1, -0.05) is 11.6 Å². The second kappa shape index (κ2) is 7.26. The van der Waals surface area contributed by atoms with Gasteiger partial charge in [0.2, 0.25) is 5.91 Å². The number of rotatable bonds is 5. The van der Waals surface area contributed by atoms with Gasteiger partial charge < -0.3 is 9.73 Å². The van der Waals surface area contributed by atoms with Gasteiger partial charge in [0.1, 0.15) is 9.97 Å². The Balaban J connectivity index is 1.54. The maximum Gasteiger partial charge on any atom is 0.252 e. The molecule has 1 amide bonds. The van der Waals surface area contributed by atoms with Crippen molar-refractivity contribution in [2.24, 2.45) is 5.92 Å². The van der Waals surface area contributed by atoms with Crippen molar-refractivity contribution in [2.45, 2.75) is 23.6 Å². The van der Waals surface area contributed by atoms with Crippen molar-refractivity contribution in [3.63, 3.8) is 0 Å². The summed E-state index contributed by atoms with van der Waals surface area (Å²) in [7, 11) is -3.52. The lowest BCUT2D eigenvalue weighted by molar-refractivity contribution is -0.126. The van der Waals surface area contributed by atoms with Crippen molar-refractivity contribution in [3.8, 4) is 0 Å². The Kier molecular flexibility index (Phi) is 5.29. The van der Waals surface area contributed by atoms with E-state index < -0.39 is 10.0 Å². The molecule has 0 unspecified atom stereocenters. The van der Waals surface area contributed by atoms with Gasteiger partial charge >= 0.3 is 0 Å². The molecule has 1 aliphatic heterocycles. The highest BCUT2D eigenvalue weighted by molar-refractivity contribution is 7.91. The summed E-state index contributed by atoms with van der Waals surface area (Å²) in [6.45, 7) is 1.01. The Morgan fingerprint density at radius 1 is 1.33 bits per heavy atom. The number of carbonyl (C=O) groups is 1. The van der Waals surface area contributed by atoms with E-state index in [1.165, 1.54) is 10.4 Å². The molecule has 0 atom stereocenters. The van der Waals surface area contributed by atoms with Crippen molar-refractivity contribution in [2.75, 3.05) is 13.1 Å². The first-order valence-corrected chi connectivity index (χ1v) is 10.2. The monoisotopic (exact) mass is 388 g/mol. The summed E-state index contributed by atoms with van der Waals surface area (Å²) in [5, 5.41) is 2.83. The number of thiophene rings is 1. The number of nitrogens with zero attached hydrogens (tertiary/aromatic N) is 1. The average molecular weight is 389 g/mol. The molecule has 130 valence electrons. The fourth-order valence-corrected chi connectivity index (χ4v) is 5.76. The van der Waals surface area contributed by atoms with E-state index in [1.54, 1.807) is 24.5 Å². The standard InChI is InChI=1S/C15H17ClN2O4S2/c16-13-3-4-14(23-13)24(20,21)18-7-5-11(6-8-18)15(19)17-10-12-2-1-9-22-12/h1-4,9,11H,5-8,10H2,(H,17,19). The van der Waals surface area contributed by atoms with Gasteiger partial charge in [0.15, 0.2) is 0 Å². The highest BCUT2D eigenvalue weighted by Crippen LogP contribution is 2.30. The summed E-state index contributed by atoms with van der Waals surface area (Å²) in [5.74, 6) is 0.443. The molecular weight excluding hydrogens is 372 g/mol. The van der Waals surface area contributed by atoms with Crippen LogP contribution in [0.5, 0.6) is 0 Å². The molecule has 0 aromatic carbocycles. The smallest absolute Gasteiger partial charge is 0.252 e. The molecule has 0 bridgehead atoms. The molecule has 6 nitrogen and oxygen atoms in total. The molecule has 1 saturated heterocycles. The Morgan fingerprint density at radius 2 is 2.08 bits per heavy atom. The number of nitrogens with one attached hydrogen (secondary N) is 1. The van der Waals surface area contributed by atoms with Crippen molar-refractivity contribution >= 4 is 38.9 Å². The molecule has 1 aliphatic rings. The number of hydrogen-bond donors (Lipinski definition) is 1. The van der Waals surface area contributed by atoms with E-state index in [2.05, 4.69) is 5.32 Å². The van der Waals surface area contributed by atoms with E-state index in [0.29, 0.717) is 42.6 Å². The van der Waals surface area contributed by atoms with Crippen molar-refractivity contribution in [1.29, 1.82) is 0 Å². The average Bonchev–Trinajstić information content (AvgIpc) is 3.24. The second-order valence-corrected chi connectivity index (χ2v) is 9.41. The second-order valence-electron chi connectivity index (χ2n) is 5.53. The van der Waals surface area contributed by atoms with Crippen LogP contribution in [0, 0.1) is 5.92 Å².